The molecular weight excluding hydrogens is 841 g/mol. The van der Waals surface area contributed by atoms with Crippen molar-refractivity contribution in [3.63, 3.8) is 0 Å². The number of para-hydroxylation sites is 1. The number of aliphatic hydroxyl groups is 1. The van der Waals surface area contributed by atoms with Crippen LogP contribution in [0, 0.1) is 10.1 Å². The van der Waals surface area contributed by atoms with Gasteiger partial charge in [-0.15, -0.1) is 0 Å². The first-order chi connectivity index (χ1) is 30.4. The van der Waals surface area contributed by atoms with E-state index in [0.717, 1.165) is 19.1 Å². The van der Waals surface area contributed by atoms with Gasteiger partial charge >= 0.3 is 5.69 Å². The molecule has 0 saturated heterocycles. The number of phenolic OH excluding ortho intramolecular Hbond substituents is 1. The van der Waals surface area contributed by atoms with Crippen LogP contribution in [0.4, 0.5) is 11.4 Å². The van der Waals surface area contributed by atoms with Gasteiger partial charge in [-0.1, -0.05) is 18.2 Å². The van der Waals surface area contributed by atoms with Crippen LogP contribution < -0.4 is 60.2 Å². The minimum Gasteiger partial charge on any atom is -0.502 e. The van der Waals surface area contributed by atoms with E-state index < -0.39 is 113 Å². The number of aromatic hydroxyl groups is 1. The number of carbonyl (C=O) groups excluding carboxylic acids is 8. The highest BCUT2D eigenvalue weighted by Crippen LogP contribution is 2.27. The number of primary amides is 1. The third kappa shape index (κ3) is 18.6. The van der Waals surface area contributed by atoms with Crippen molar-refractivity contribution in [1.29, 1.82) is 0 Å². The fourth-order valence-electron chi connectivity index (χ4n) is 6.19. The van der Waals surface area contributed by atoms with Crippen molar-refractivity contribution in [2.45, 2.75) is 94.9 Å². The molecule has 2 rings (SSSR count). The summed E-state index contributed by atoms with van der Waals surface area (Å²) in [6.07, 6.45) is 1.28. The van der Waals surface area contributed by atoms with Gasteiger partial charge in [-0.05, 0) is 88.2 Å². The van der Waals surface area contributed by atoms with Gasteiger partial charge in [0, 0.05) is 31.6 Å². The van der Waals surface area contributed by atoms with Crippen molar-refractivity contribution in [1.82, 2.24) is 37.2 Å². The number of rotatable bonds is 29. The number of carbonyl (C=O) groups is 8. The molecule has 0 unspecified atom stereocenters. The first kappa shape index (κ1) is 53.2. The summed E-state index contributed by atoms with van der Waals surface area (Å²) < 4.78 is 0. The number of hydrogen-bond acceptors (Lipinski definition) is 15. The molecule has 24 heteroatoms. The Hall–Kier alpha value is -6.92. The van der Waals surface area contributed by atoms with Crippen molar-refractivity contribution in [3.8, 4) is 5.75 Å². The Labute approximate surface area is 368 Å². The molecule has 0 saturated carbocycles. The number of hydrogen-bond donors (Lipinski definition) is 13. The van der Waals surface area contributed by atoms with Gasteiger partial charge in [-0.25, -0.2) is 0 Å². The van der Waals surface area contributed by atoms with Gasteiger partial charge in [0.05, 0.1) is 23.6 Å². The maximum Gasteiger partial charge on any atom is 0.310 e. The molecule has 8 amide bonds. The SMILES string of the molecule is CC(=O)N[C@@H](CO)C(=O)N[C@@H](CCCCN)C(=O)NCC(=O)N[C@@H](CCCCNC(=O)c1ccccc1N)C(=O)N[C@@H](Cc1ccc(O)c([N+](=O)[O-])c1)C(=O)N[C@@H](CCCN)C(N)=O. The predicted molar refractivity (Wildman–Crippen MR) is 231 cm³/mol. The molecule has 0 aliphatic heterocycles. The summed E-state index contributed by atoms with van der Waals surface area (Å²) in [4.78, 5) is 114. The molecule has 64 heavy (non-hydrogen) atoms. The zero-order valence-electron chi connectivity index (χ0n) is 35.6. The molecule has 2 aromatic carbocycles. The van der Waals surface area contributed by atoms with Crippen LogP contribution in [0.15, 0.2) is 42.5 Å². The topological polar surface area (TPSA) is 408 Å². The van der Waals surface area contributed by atoms with Gasteiger partial charge < -0.3 is 70.4 Å². The van der Waals surface area contributed by atoms with E-state index in [1.165, 1.54) is 6.07 Å². The van der Waals surface area contributed by atoms with Crippen molar-refractivity contribution in [2.24, 2.45) is 17.2 Å². The van der Waals surface area contributed by atoms with Crippen molar-refractivity contribution < 1.29 is 53.5 Å². The molecule has 17 N–H and O–H groups in total. The first-order valence-corrected chi connectivity index (χ1v) is 20.6. The highest BCUT2D eigenvalue weighted by atomic mass is 16.6. The van der Waals surface area contributed by atoms with Gasteiger partial charge in [0.15, 0.2) is 5.75 Å². The molecule has 0 heterocycles. The lowest BCUT2D eigenvalue weighted by atomic mass is 10.0. The van der Waals surface area contributed by atoms with E-state index in [1.807, 2.05) is 0 Å². The number of nitro benzene ring substituents is 1. The summed E-state index contributed by atoms with van der Waals surface area (Å²) >= 11 is 0. The maximum absolute atomic E-state index is 14.0. The Morgan fingerprint density at radius 2 is 1.28 bits per heavy atom. The predicted octanol–water partition coefficient (Wildman–Crippen LogP) is -3.07. The molecular formula is C40H60N12O12. The number of phenols is 1. The fraction of sp³-hybridized carbons (Fsp3) is 0.500. The Morgan fingerprint density at radius 3 is 1.89 bits per heavy atom. The summed E-state index contributed by atoms with van der Waals surface area (Å²) in [6, 6.07) is 2.98. The zero-order chi connectivity index (χ0) is 47.8. The van der Waals surface area contributed by atoms with Gasteiger partial charge in [0.25, 0.3) is 5.91 Å². The van der Waals surface area contributed by atoms with Gasteiger partial charge in [0.1, 0.15) is 30.2 Å². The minimum absolute atomic E-state index is 0.0512. The molecule has 24 nitrogen and oxygen atoms in total. The number of benzene rings is 2. The maximum atomic E-state index is 14.0. The number of nitrogen functional groups attached to an aromatic ring is 1. The van der Waals surface area contributed by atoms with Gasteiger partial charge in [0.2, 0.25) is 41.4 Å². The number of nitro groups is 1. The average Bonchev–Trinajstić information content (AvgIpc) is 3.25. The third-order valence-electron chi connectivity index (χ3n) is 9.61. The Bertz CT molecular complexity index is 1950. The van der Waals surface area contributed by atoms with Crippen LogP contribution in [-0.2, 0) is 40.0 Å². The molecule has 0 spiro atoms. The Morgan fingerprint density at radius 1 is 0.703 bits per heavy atom. The smallest absolute Gasteiger partial charge is 0.310 e. The van der Waals surface area contributed by atoms with Crippen molar-refractivity contribution >= 4 is 58.6 Å². The third-order valence-corrected chi connectivity index (χ3v) is 9.61. The number of amides is 8. The standard InChI is InChI=1S/C40H60N12O12/c1-23(54)47-31(22-53)40(62)50-28(11-4-6-16-41)37(59)46-21-34(56)48-29(12-5-7-18-45-36(58)25-9-2-3-10-26(25)43)38(60)51-30(39(61)49-27(35(44)57)13-8-17-42)19-24-14-15-33(55)32(20-24)52(63)64/h2-3,9-10,14-15,20,27-31,53,55H,4-8,11-13,16-19,21-22,41-43H2,1H3,(H2,44,57)(H,45,58)(H,46,59)(H,47,54)(H,48,56)(H,49,61)(H,50,62)(H,51,60)/t27-,28-,29-,30-,31-/m0/s1. The van der Waals surface area contributed by atoms with E-state index in [2.05, 4.69) is 37.2 Å². The summed E-state index contributed by atoms with van der Waals surface area (Å²) in [7, 11) is 0. The lowest BCUT2D eigenvalue weighted by Gasteiger charge is -2.25. The van der Waals surface area contributed by atoms with E-state index in [1.54, 1.807) is 24.3 Å². The van der Waals surface area contributed by atoms with E-state index in [9.17, 15) is 58.7 Å². The Balaban J connectivity index is 2.36. The zero-order valence-corrected chi connectivity index (χ0v) is 35.6. The molecule has 0 fully saturated rings. The van der Waals surface area contributed by atoms with Crippen LogP contribution in [0.5, 0.6) is 5.75 Å². The number of nitrogens with zero attached hydrogens (tertiary/aromatic N) is 1. The lowest BCUT2D eigenvalue weighted by molar-refractivity contribution is -0.385. The van der Waals surface area contributed by atoms with Crippen LogP contribution in [0.2, 0.25) is 0 Å². The highest BCUT2D eigenvalue weighted by Gasteiger charge is 2.31. The summed E-state index contributed by atoms with van der Waals surface area (Å²) in [6.45, 7) is 0.235. The van der Waals surface area contributed by atoms with Crippen LogP contribution >= 0.6 is 0 Å². The summed E-state index contributed by atoms with van der Waals surface area (Å²) in [5, 5.41) is 48.5. The number of unbranched alkanes of at least 4 members (excludes halogenated alkanes) is 2. The van der Waals surface area contributed by atoms with E-state index in [4.69, 9.17) is 22.9 Å². The first-order valence-electron chi connectivity index (χ1n) is 20.6. The number of anilines is 1. The molecule has 2 aromatic rings. The molecule has 0 aromatic heterocycles. The lowest BCUT2D eigenvalue weighted by Crippen LogP contribution is -2.58. The monoisotopic (exact) mass is 900 g/mol. The summed E-state index contributed by atoms with van der Waals surface area (Å²) in [5.74, 6) is -7.01. The van der Waals surface area contributed by atoms with Gasteiger partial charge in [-0.3, -0.25) is 48.5 Å². The fourth-order valence-corrected chi connectivity index (χ4v) is 6.19. The second-order valence-electron chi connectivity index (χ2n) is 14.7. The van der Waals surface area contributed by atoms with E-state index >= 15 is 0 Å². The second-order valence-corrected chi connectivity index (χ2v) is 14.7. The number of nitrogens with one attached hydrogen (secondary N) is 7. The highest BCUT2D eigenvalue weighted by molar-refractivity contribution is 5.99. The van der Waals surface area contributed by atoms with Gasteiger partial charge in [-0.2, -0.15) is 0 Å². The van der Waals surface area contributed by atoms with Crippen LogP contribution in [0.3, 0.4) is 0 Å². The molecule has 5 atom stereocenters. The molecule has 352 valence electrons. The second kappa shape index (κ2) is 27.9. The minimum atomic E-state index is -1.54. The number of aliphatic hydroxyl groups excluding tert-OH is 1. The molecule has 0 radical (unpaired) electrons. The van der Waals surface area contributed by atoms with Crippen LogP contribution in [-0.4, -0.2) is 125 Å². The van der Waals surface area contributed by atoms with Crippen LogP contribution in [0.1, 0.15) is 74.2 Å². The Kier molecular flexibility index (Phi) is 23.2. The largest absolute Gasteiger partial charge is 0.502 e. The normalized spacial score (nSPS) is 13.1. The molecule has 0 bridgehead atoms. The number of nitrogens with two attached hydrogens (primary N) is 4. The molecule has 0 aliphatic rings. The van der Waals surface area contributed by atoms with E-state index in [0.29, 0.717) is 19.3 Å². The van der Waals surface area contributed by atoms with E-state index in [-0.39, 0.29) is 68.6 Å². The van der Waals surface area contributed by atoms with Crippen LogP contribution in [0.25, 0.3) is 0 Å². The molecule has 0 aliphatic carbocycles. The summed E-state index contributed by atoms with van der Waals surface area (Å²) in [5.41, 5.74) is 22.5. The quantitative estimate of drug-likeness (QED) is 0.0167. The van der Waals surface area contributed by atoms with Crippen molar-refractivity contribution in [3.05, 3.63) is 63.7 Å². The average molecular weight is 901 g/mol. The van der Waals surface area contributed by atoms with Crippen molar-refractivity contribution in [2.75, 3.05) is 38.5 Å².